The lowest BCUT2D eigenvalue weighted by molar-refractivity contribution is -0.140. The molecule has 0 aliphatic heterocycles. The third-order valence-corrected chi connectivity index (χ3v) is 2.31. The molecule has 1 heterocycles. The molecule has 1 aromatic heterocycles. The Bertz CT molecular complexity index is 604. The fourth-order valence-electron chi connectivity index (χ4n) is 1.32. The Morgan fingerprint density at radius 1 is 1.05 bits per heavy atom. The topological polar surface area (TPSA) is 179 Å². The van der Waals surface area contributed by atoms with Crippen molar-refractivity contribution in [2.24, 2.45) is 0 Å². The van der Waals surface area contributed by atoms with E-state index in [0.29, 0.717) is 0 Å². The highest BCUT2D eigenvalue weighted by Gasteiger charge is 2.25. The van der Waals surface area contributed by atoms with Crippen LogP contribution in [-0.4, -0.2) is 68.2 Å². The van der Waals surface area contributed by atoms with Crippen LogP contribution in [0.3, 0.4) is 0 Å². The van der Waals surface area contributed by atoms with Gasteiger partial charge in [0.25, 0.3) is 11.8 Å². The third-order valence-electron chi connectivity index (χ3n) is 2.31. The summed E-state index contributed by atoms with van der Waals surface area (Å²) < 4.78 is 0. The average molecular weight is 312 g/mol. The zero-order valence-electron chi connectivity index (χ0n) is 11.0. The smallest absolute Gasteiger partial charge is 0.328 e. The second kappa shape index (κ2) is 7.64. The van der Waals surface area contributed by atoms with Gasteiger partial charge in [0.2, 0.25) is 0 Å². The molecule has 0 spiro atoms. The number of carboxylic acids is 2. The van der Waals surface area contributed by atoms with E-state index in [1.54, 1.807) is 0 Å². The van der Waals surface area contributed by atoms with E-state index in [2.05, 4.69) is 9.97 Å². The van der Waals surface area contributed by atoms with Crippen molar-refractivity contribution in [3.05, 3.63) is 23.8 Å². The molecule has 11 heteroatoms. The second-order valence-corrected chi connectivity index (χ2v) is 3.88. The molecule has 0 fully saturated rings. The molecule has 5 N–H and O–H groups in total. The number of carboxylic acid groups (broad SMARTS) is 2. The lowest BCUT2D eigenvalue weighted by Crippen LogP contribution is -2.44. The first-order valence-corrected chi connectivity index (χ1v) is 5.82. The number of carbonyl (C=O) groups is 4. The molecule has 22 heavy (non-hydrogen) atoms. The van der Waals surface area contributed by atoms with Crippen molar-refractivity contribution in [2.75, 3.05) is 13.2 Å². The van der Waals surface area contributed by atoms with Crippen LogP contribution in [0.1, 0.15) is 21.0 Å². The zero-order valence-corrected chi connectivity index (χ0v) is 11.0. The molecular weight excluding hydrogens is 300 g/mol. The first kappa shape index (κ1) is 17.0. The number of nitrogens with one attached hydrogen (secondary N) is 2. The van der Waals surface area contributed by atoms with E-state index in [-0.39, 0.29) is 0 Å². The van der Waals surface area contributed by atoms with Crippen molar-refractivity contribution in [3.8, 4) is 0 Å². The van der Waals surface area contributed by atoms with Crippen molar-refractivity contribution in [2.45, 2.75) is 6.04 Å². The van der Waals surface area contributed by atoms with Gasteiger partial charge in [0, 0.05) is 12.4 Å². The van der Waals surface area contributed by atoms with Gasteiger partial charge in [-0.25, -0.2) is 14.8 Å². The maximum absolute atomic E-state index is 11.9. The first-order chi connectivity index (χ1) is 10.4. The highest BCUT2D eigenvalue weighted by Crippen LogP contribution is 2.02. The molecule has 0 aliphatic rings. The SMILES string of the molecule is O=C(O)CNC(=O)c1nccnc1C(=O)NC(CO)C(=O)O. The van der Waals surface area contributed by atoms with Crippen LogP contribution < -0.4 is 10.6 Å². The number of aliphatic hydroxyl groups is 1. The maximum Gasteiger partial charge on any atom is 0.328 e. The molecule has 0 saturated carbocycles. The molecule has 2 amide bonds. The van der Waals surface area contributed by atoms with Crippen LogP contribution in [0.2, 0.25) is 0 Å². The number of aromatic nitrogens is 2. The van der Waals surface area contributed by atoms with Crippen molar-refractivity contribution in [1.29, 1.82) is 0 Å². The highest BCUT2D eigenvalue weighted by atomic mass is 16.4. The number of carbonyl (C=O) groups excluding carboxylic acids is 2. The van der Waals surface area contributed by atoms with E-state index in [1.807, 2.05) is 10.6 Å². The van der Waals surface area contributed by atoms with Crippen molar-refractivity contribution in [3.63, 3.8) is 0 Å². The van der Waals surface area contributed by atoms with E-state index in [0.717, 1.165) is 12.4 Å². The summed E-state index contributed by atoms with van der Waals surface area (Å²) in [5, 5.41) is 30.0. The summed E-state index contributed by atoms with van der Waals surface area (Å²) in [7, 11) is 0. The third kappa shape index (κ3) is 4.49. The monoisotopic (exact) mass is 312 g/mol. The maximum atomic E-state index is 11.9. The van der Waals surface area contributed by atoms with Crippen LogP contribution in [0.15, 0.2) is 12.4 Å². The Morgan fingerprint density at radius 2 is 1.59 bits per heavy atom. The number of rotatable bonds is 7. The zero-order chi connectivity index (χ0) is 16.7. The molecule has 118 valence electrons. The molecule has 0 saturated heterocycles. The van der Waals surface area contributed by atoms with E-state index in [4.69, 9.17) is 15.3 Å². The Balaban J connectivity index is 2.95. The van der Waals surface area contributed by atoms with Crippen LogP contribution >= 0.6 is 0 Å². The summed E-state index contributed by atoms with van der Waals surface area (Å²) in [4.78, 5) is 52.0. The minimum atomic E-state index is -1.58. The van der Waals surface area contributed by atoms with Crippen molar-refractivity contribution >= 4 is 23.8 Å². The Hall–Kier alpha value is -3.08. The molecule has 0 aromatic carbocycles. The van der Waals surface area contributed by atoms with Crippen LogP contribution in [0.4, 0.5) is 0 Å². The summed E-state index contributed by atoms with van der Waals surface area (Å²) in [6, 6.07) is -1.58. The number of aliphatic carboxylic acids is 2. The Labute approximate surface area is 123 Å². The number of hydrogen-bond acceptors (Lipinski definition) is 7. The van der Waals surface area contributed by atoms with Gasteiger partial charge in [-0.1, -0.05) is 0 Å². The van der Waals surface area contributed by atoms with Crippen molar-refractivity contribution in [1.82, 2.24) is 20.6 Å². The minimum absolute atomic E-state index is 0.469. The highest BCUT2D eigenvalue weighted by molar-refractivity contribution is 6.05. The van der Waals surface area contributed by atoms with Gasteiger partial charge in [0.05, 0.1) is 6.61 Å². The molecule has 1 atom stereocenters. The number of nitrogens with zero attached hydrogens (tertiary/aromatic N) is 2. The predicted molar refractivity (Wildman–Crippen MR) is 68.0 cm³/mol. The molecule has 0 bridgehead atoms. The molecular formula is C11H12N4O7. The minimum Gasteiger partial charge on any atom is -0.480 e. The number of hydrogen-bond donors (Lipinski definition) is 5. The lowest BCUT2D eigenvalue weighted by atomic mass is 10.2. The quantitative estimate of drug-likeness (QED) is 0.362. The van der Waals surface area contributed by atoms with Gasteiger partial charge in [0.15, 0.2) is 17.4 Å². The average Bonchev–Trinajstić information content (AvgIpc) is 2.49. The van der Waals surface area contributed by atoms with Crippen LogP contribution in [-0.2, 0) is 9.59 Å². The fourth-order valence-corrected chi connectivity index (χ4v) is 1.32. The molecule has 0 radical (unpaired) electrons. The van der Waals surface area contributed by atoms with E-state index in [1.165, 1.54) is 0 Å². The standard InChI is InChI=1S/C11H12N4O7/c16-4-5(11(21)22)15-10(20)8-7(12-1-2-13-8)9(19)14-3-6(17)18/h1-2,5,16H,3-4H2,(H,14,19)(H,15,20)(H,17,18)(H,21,22). The predicted octanol–water partition coefficient (Wildman–Crippen LogP) is -2.53. The normalized spacial score (nSPS) is 11.3. The summed E-state index contributed by atoms with van der Waals surface area (Å²) in [5.74, 6) is -4.78. The van der Waals surface area contributed by atoms with Gasteiger partial charge in [0.1, 0.15) is 6.54 Å². The first-order valence-electron chi connectivity index (χ1n) is 5.82. The van der Waals surface area contributed by atoms with E-state index < -0.39 is 54.3 Å². The Kier molecular flexibility index (Phi) is 5.89. The van der Waals surface area contributed by atoms with Gasteiger partial charge in [-0.3, -0.25) is 14.4 Å². The van der Waals surface area contributed by atoms with Crippen LogP contribution in [0, 0.1) is 0 Å². The second-order valence-electron chi connectivity index (χ2n) is 3.88. The van der Waals surface area contributed by atoms with Gasteiger partial charge in [-0.05, 0) is 0 Å². The summed E-state index contributed by atoms with van der Waals surface area (Å²) >= 11 is 0. The molecule has 1 unspecified atom stereocenters. The van der Waals surface area contributed by atoms with Crippen LogP contribution in [0.5, 0.6) is 0 Å². The largest absolute Gasteiger partial charge is 0.480 e. The van der Waals surface area contributed by atoms with Gasteiger partial charge >= 0.3 is 11.9 Å². The van der Waals surface area contributed by atoms with Gasteiger partial charge in [-0.2, -0.15) is 0 Å². The fraction of sp³-hybridized carbons (Fsp3) is 0.273. The lowest BCUT2D eigenvalue weighted by Gasteiger charge is -2.12. The Morgan fingerprint density at radius 3 is 2.05 bits per heavy atom. The summed E-state index contributed by atoms with van der Waals surface area (Å²) in [5.41, 5.74) is -0.964. The van der Waals surface area contributed by atoms with Crippen LogP contribution in [0.25, 0.3) is 0 Å². The van der Waals surface area contributed by atoms with Crippen molar-refractivity contribution < 1.29 is 34.5 Å². The molecule has 0 aliphatic carbocycles. The molecule has 1 rings (SSSR count). The van der Waals surface area contributed by atoms with E-state index in [9.17, 15) is 19.2 Å². The molecule has 11 nitrogen and oxygen atoms in total. The summed E-state index contributed by atoms with van der Waals surface area (Å²) in [6.45, 7) is -1.55. The molecule has 1 aromatic rings. The van der Waals surface area contributed by atoms with Gasteiger partial charge < -0.3 is 26.0 Å². The van der Waals surface area contributed by atoms with E-state index >= 15 is 0 Å². The summed E-state index contributed by atoms with van der Waals surface area (Å²) in [6.07, 6.45) is 2.20. The number of aliphatic hydroxyl groups excluding tert-OH is 1. The van der Waals surface area contributed by atoms with Gasteiger partial charge in [-0.15, -0.1) is 0 Å². The number of amides is 2.